The van der Waals surface area contributed by atoms with Crippen LogP contribution in [0.25, 0.3) is 0 Å². The van der Waals surface area contributed by atoms with Crippen LogP contribution in [-0.2, 0) is 29.4 Å². The third-order valence-electron chi connectivity index (χ3n) is 4.28. The van der Waals surface area contributed by atoms with Crippen LogP contribution in [0.4, 0.5) is 13.2 Å². The Labute approximate surface area is 136 Å². The van der Waals surface area contributed by atoms with Crippen LogP contribution in [0.2, 0.25) is 0 Å². The number of rotatable bonds is 4. The van der Waals surface area contributed by atoms with E-state index in [1.165, 1.54) is 7.05 Å². The molecule has 0 radical (unpaired) electrons. The zero-order valence-electron chi connectivity index (χ0n) is 13.3. The number of aryl methyl sites for hydroxylation is 1. The van der Waals surface area contributed by atoms with Crippen LogP contribution in [0.1, 0.15) is 24.1 Å². The van der Waals surface area contributed by atoms with Crippen molar-refractivity contribution in [3.8, 4) is 0 Å². The predicted octanol–water partition coefficient (Wildman–Crippen LogP) is 0.850. The molecule has 0 bridgehead atoms. The molecule has 2 unspecified atom stereocenters. The van der Waals surface area contributed by atoms with E-state index in [4.69, 9.17) is 5.11 Å². The van der Waals surface area contributed by atoms with Gasteiger partial charge in [-0.2, -0.15) is 18.3 Å². The number of nitrogens with one attached hydrogen (secondary N) is 1. The van der Waals surface area contributed by atoms with Crippen molar-refractivity contribution in [2.75, 3.05) is 13.6 Å². The highest BCUT2D eigenvalue weighted by Crippen LogP contribution is 2.31. The van der Waals surface area contributed by atoms with E-state index in [9.17, 15) is 22.8 Å². The molecule has 2 rings (SSSR count). The summed E-state index contributed by atoms with van der Waals surface area (Å²) in [6, 6.07) is -0.636. The molecule has 2 heterocycles. The van der Waals surface area contributed by atoms with Crippen molar-refractivity contribution >= 4 is 11.9 Å². The van der Waals surface area contributed by atoms with Crippen LogP contribution in [0, 0.1) is 5.92 Å². The van der Waals surface area contributed by atoms with E-state index in [1.54, 1.807) is 11.9 Å². The first kappa shape index (κ1) is 18.2. The van der Waals surface area contributed by atoms with Gasteiger partial charge in [-0.15, -0.1) is 0 Å². The minimum absolute atomic E-state index is 0.122. The molecule has 7 nitrogen and oxygen atoms in total. The molecule has 2 N–H and O–H groups in total. The summed E-state index contributed by atoms with van der Waals surface area (Å²) in [5.41, 5.74) is -1.000. The summed E-state index contributed by atoms with van der Waals surface area (Å²) in [5.74, 6) is -1.78. The number of carbonyl (C=O) groups is 2. The summed E-state index contributed by atoms with van der Waals surface area (Å²) in [4.78, 5) is 24.8. The highest BCUT2D eigenvalue weighted by molar-refractivity contribution is 5.80. The molecule has 1 aliphatic rings. The number of hydrogen-bond donors (Lipinski definition) is 2. The van der Waals surface area contributed by atoms with E-state index < -0.39 is 29.7 Å². The number of carboxylic acid groups (broad SMARTS) is 1. The van der Waals surface area contributed by atoms with Gasteiger partial charge in [-0.05, 0) is 19.9 Å². The zero-order chi connectivity index (χ0) is 18.1. The van der Waals surface area contributed by atoms with Crippen LogP contribution in [0.3, 0.4) is 0 Å². The van der Waals surface area contributed by atoms with E-state index in [2.05, 4.69) is 10.4 Å². The number of halogens is 3. The zero-order valence-corrected chi connectivity index (χ0v) is 13.3. The largest absolute Gasteiger partial charge is 0.480 e. The van der Waals surface area contributed by atoms with Crippen LogP contribution in [-0.4, -0.2) is 51.3 Å². The molecule has 134 valence electrons. The van der Waals surface area contributed by atoms with Gasteiger partial charge in [0.2, 0.25) is 5.91 Å². The number of likely N-dealkylation sites (N-methyl/N-ethyl adjacent to an activating group) is 1. The van der Waals surface area contributed by atoms with E-state index in [1.807, 2.05) is 0 Å². The highest BCUT2D eigenvalue weighted by Gasteiger charge is 2.37. The Morgan fingerprint density at radius 3 is 2.58 bits per heavy atom. The van der Waals surface area contributed by atoms with Gasteiger partial charge in [0.15, 0.2) is 0 Å². The maximum Gasteiger partial charge on any atom is 0.419 e. The molecule has 1 aromatic rings. The minimum Gasteiger partial charge on any atom is -0.480 e. The number of piperidine rings is 1. The SMILES string of the molecule is CN1CC(C(=O)NCc2c(C(F)(F)F)cnn2C)CCC1C(=O)O. The van der Waals surface area contributed by atoms with Crippen LogP contribution in [0.15, 0.2) is 6.20 Å². The summed E-state index contributed by atoms with van der Waals surface area (Å²) in [7, 11) is 2.99. The van der Waals surface area contributed by atoms with Gasteiger partial charge in [0, 0.05) is 13.6 Å². The summed E-state index contributed by atoms with van der Waals surface area (Å²) in [6.07, 6.45) is -3.10. The molecule has 24 heavy (non-hydrogen) atoms. The Bertz CT molecular complexity index is 629. The molecule has 0 spiro atoms. The van der Waals surface area contributed by atoms with Gasteiger partial charge in [0.1, 0.15) is 6.04 Å². The predicted molar refractivity (Wildman–Crippen MR) is 76.8 cm³/mol. The van der Waals surface area contributed by atoms with Crippen molar-refractivity contribution in [1.29, 1.82) is 0 Å². The van der Waals surface area contributed by atoms with E-state index >= 15 is 0 Å². The molecule has 1 amide bonds. The second-order valence-electron chi connectivity index (χ2n) is 5.91. The van der Waals surface area contributed by atoms with Gasteiger partial charge in [0.05, 0.1) is 29.9 Å². The van der Waals surface area contributed by atoms with Crippen molar-refractivity contribution in [2.45, 2.75) is 31.6 Å². The number of alkyl halides is 3. The molecule has 1 aliphatic heterocycles. The molecule has 2 atom stereocenters. The molecule has 0 aliphatic carbocycles. The van der Waals surface area contributed by atoms with Crippen molar-refractivity contribution in [3.63, 3.8) is 0 Å². The fourth-order valence-electron chi connectivity index (χ4n) is 2.90. The Morgan fingerprint density at radius 2 is 2.04 bits per heavy atom. The number of likely N-dealkylation sites (tertiary alicyclic amines) is 1. The maximum atomic E-state index is 12.9. The molecule has 1 saturated heterocycles. The lowest BCUT2D eigenvalue weighted by atomic mass is 9.92. The Hall–Kier alpha value is -2.10. The minimum atomic E-state index is -4.53. The second-order valence-corrected chi connectivity index (χ2v) is 5.91. The number of carboxylic acids is 1. The maximum absolute atomic E-state index is 12.9. The fraction of sp³-hybridized carbons (Fsp3) is 0.643. The van der Waals surface area contributed by atoms with Crippen LogP contribution in [0.5, 0.6) is 0 Å². The summed E-state index contributed by atoms with van der Waals surface area (Å²) < 4.78 is 39.7. The first-order valence-electron chi connectivity index (χ1n) is 7.40. The third kappa shape index (κ3) is 3.86. The van der Waals surface area contributed by atoms with Crippen molar-refractivity contribution in [2.24, 2.45) is 13.0 Å². The first-order valence-corrected chi connectivity index (χ1v) is 7.40. The van der Waals surface area contributed by atoms with Crippen molar-refractivity contribution in [3.05, 3.63) is 17.5 Å². The average Bonchev–Trinajstić information content (AvgIpc) is 2.85. The summed E-state index contributed by atoms with van der Waals surface area (Å²) >= 11 is 0. The normalized spacial score (nSPS) is 22.4. The van der Waals surface area contributed by atoms with Crippen LogP contribution >= 0.6 is 0 Å². The monoisotopic (exact) mass is 348 g/mol. The molecule has 10 heteroatoms. The Balaban J connectivity index is 1.98. The number of nitrogens with zero attached hydrogens (tertiary/aromatic N) is 3. The lowest BCUT2D eigenvalue weighted by molar-refractivity contribution is -0.146. The molecule has 0 saturated carbocycles. The fourth-order valence-corrected chi connectivity index (χ4v) is 2.90. The quantitative estimate of drug-likeness (QED) is 0.842. The third-order valence-corrected chi connectivity index (χ3v) is 4.28. The van der Waals surface area contributed by atoms with Gasteiger partial charge < -0.3 is 10.4 Å². The number of aliphatic carboxylic acids is 1. The van der Waals surface area contributed by atoms with Crippen molar-refractivity contribution < 1.29 is 27.9 Å². The molecular formula is C14H19F3N4O3. The smallest absolute Gasteiger partial charge is 0.419 e. The van der Waals surface area contributed by atoms with E-state index in [-0.39, 0.29) is 24.7 Å². The molecule has 1 aromatic heterocycles. The second kappa shape index (κ2) is 6.80. The number of aromatic nitrogens is 2. The van der Waals surface area contributed by atoms with E-state index in [0.717, 1.165) is 10.9 Å². The van der Waals surface area contributed by atoms with Gasteiger partial charge in [-0.1, -0.05) is 0 Å². The van der Waals surface area contributed by atoms with Gasteiger partial charge >= 0.3 is 12.1 Å². The van der Waals surface area contributed by atoms with Gasteiger partial charge in [-0.3, -0.25) is 19.2 Å². The number of carbonyl (C=O) groups excluding carboxylic acids is 1. The van der Waals surface area contributed by atoms with Crippen LogP contribution < -0.4 is 5.32 Å². The molecular weight excluding hydrogens is 329 g/mol. The summed E-state index contributed by atoms with van der Waals surface area (Å²) in [6.45, 7) is -0.0347. The Morgan fingerprint density at radius 1 is 1.38 bits per heavy atom. The lowest BCUT2D eigenvalue weighted by Gasteiger charge is -2.34. The number of amides is 1. The first-order chi connectivity index (χ1) is 11.1. The highest BCUT2D eigenvalue weighted by atomic mass is 19.4. The van der Waals surface area contributed by atoms with Gasteiger partial charge in [0.25, 0.3) is 0 Å². The average molecular weight is 348 g/mol. The number of hydrogen-bond acceptors (Lipinski definition) is 4. The van der Waals surface area contributed by atoms with Crippen molar-refractivity contribution in [1.82, 2.24) is 20.0 Å². The molecule has 1 fully saturated rings. The topological polar surface area (TPSA) is 87.5 Å². The summed E-state index contributed by atoms with van der Waals surface area (Å²) in [5, 5.41) is 15.1. The van der Waals surface area contributed by atoms with Gasteiger partial charge in [-0.25, -0.2) is 0 Å². The Kier molecular flexibility index (Phi) is 5.16. The standard InChI is InChI=1S/C14H19F3N4O3/c1-20-7-8(3-4-10(20)13(23)24)12(22)18-6-11-9(14(15,16)17)5-19-21(11)2/h5,8,10H,3-4,6-7H2,1-2H3,(H,18,22)(H,23,24). The lowest BCUT2D eigenvalue weighted by Crippen LogP contribution is -2.49. The van der Waals surface area contributed by atoms with E-state index in [0.29, 0.717) is 12.8 Å². The molecule has 0 aromatic carbocycles.